The molecule has 1 unspecified atom stereocenters. The lowest BCUT2D eigenvalue weighted by molar-refractivity contribution is 0.198. The fraction of sp³-hybridized carbons (Fsp3) is 0.818. The Hall–Kier alpha value is -1.14. The van der Waals surface area contributed by atoms with Crippen LogP contribution in [-0.2, 0) is 11.3 Å². The summed E-state index contributed by atoms with van der Waals surface area (Å²) in [7, 11) is 1.67. The van der Waals surface area contributed by atoms with Crippen molar-refractivity contribution in [3.05, 3.63) is 5.89 Å². The largest absolute Gasteiger partial charge is 0.407 e. The molecule has 0 bridgehead atoms. The molecule has 0 amide bonds. The van der Waals surface area contributed by atoms with Crippen molar-refractivity contribution in [1.82, 2.24) is 15.5 Å². The number of methoxy groups -OCH3 is 1. The number of aromatic nitrogens is 2. The standard InChI is InChI=1S/C11H22N4O2/c1-8(2)9(3)13-11-15-14-10(17-11)7-12-5-6-16-4/h8-9,12H,5-7H2,1-4H3,(H,13,15). The summed E-state index contributed by atoms with van der Waals surface area (Å²) >= 11 is 0. The van der Waals surface area contributed by atoms with Gasteiger partial charge >= 0.3 is 6.01 Å². The predicted molar refractivity (Wildman–Crippen MR) is 65.8 cm³/mol. The minimum Gasteiger partial charge on any atom is -0.407 e. The van der Waals surface area contributed by atoms with Crippen LogP contribution in [0.1, 0.15) is 26.7 Å². The number of rotatable bonds is 8. The first kappa shape index (κ1) is 13.9. The van der Waals surface area contributed by atoms with Gasteiger partial charge in [0.1, 0.15) is 0 Å². The van der Waals surface area contributed by atoms with Gasteiger partial charge in [-0.3, -0.25) is 0 Å². The van der Waals surface area contributed by atoms with Crippen molar-refractivity contribution in [2.24, 2.45) is 5.92 Å². The summed E-state index contributed by atoms with van der Waals surface area (Å²) < 4.78 is 10.4. The molecule has 0 saturated heterocycles. The molecule has 0 fully saturated rings. The highest BCUT2D eigenvalue weighted by Crippen LogP contribution is 2.10. The van der Waals surface area contributed by atoms with E-state index in [2.05, 4.69) is 41.6 Å². The van der Waals surface area contributed by atoms with E-state index in [0.717, 1.165) is 6.54 Å². The van der Waals surface area contributed by atoms with E-state index in [-0.39, 0.29) is 0 Å². The lowest BCUT2D eigenvalue weighted by atomic mass is 10.1. The van der Waals surface area contributed by atoms with Crippen LogP contribution in [-0.4, -0.2) is 36.5 Å². The third-order valence-corrected chi connectivity index (χ3v) is 2.58. The SMILES string of the molecule is COCCNCc1nnc(NC(C)C(C)C)o1. The van der Waals surface area contributed by atoms with Gasteiger partial charge in [-0.05, 0) is 12.8 Å². The molecule has 98 valence electrons. The van der Waals surface area contributed by atoms with Crippen LogP contribution >= 0.6 is 0 Å². The van der Waals surface area contributed by atoms with Crippen molar-refractivity contribution < 1.29 is 9.15 Å². The van der Waals surface area contributed by atoms with E-state index in [1.165, 1.54) is 0 Å². The third kappa shape index (κ3) is 5.14. The maximum Gasteiger partial charge on any atom is 0.315 e. The molecule has 0 spiro atoms. The Morgan fingerprint density at radius 3 is 2.71 bits per heavy atom. The second-order valence-corrected chi connectivity index (χ2v) is 4.35. The van der Waals surface area contributed by atoms with E-state index in [9.17, 15) is 0 Å². The first-order valence-corrected chi connectivity index (χ1v) is 5.92. The Bertz CT molecular complexity index is 314. The van der Waals surface area contributed by atoms with Crippen molar-refractivity contribution >= 4 is 6.01 Å². The van der Waals surface area contributed by atoms with Crippen LogP contribution in [0.4, 0.5) is 6.01 Å². The molecule has 0 radical (unpaired) electrons. The Balaban J connectivity index is 2.32. The summed E-state index contributed by atoms with van der Waals surface area (Å²) in [6, 6.07) is 0.791. The van der Waals surface area contributed by atoms with Crippen molar-refractivity contribution in [2.75, 3.05) is 25.6 Å². The lowest BCUT2D eigenvalue weighted by Gasteiger charge is -2.14. The molecule has 2 N–H and O–H groups in total. The van der Waals surface area contributed by atoms with Crippen molar-refractivity contribution in [3.8, 4) is 0 Å². The summed E-state index contributed by atoms with van der Waals surface area (Å²) in [5.74, 6) is 1.10. The smallest absolute Gasteiger partial charge is 0.315 e. The normalized spacial score (nSPS) is 13.0. The lowest BCUT2D eigenvalue weighted by Crippen LogP contribution is -2.21. The molecular weight excluding hydrogens is 220 g/mol. The van der Waals surface area contributed by atoms with Crippen LogP contribution in [0.15, 0.2) is 4.42 Å². The number of hydrogen-bond donors (Lipinski definition) is 2. The van der Waals surface area contributed by atoms with E-state index < -0.39 is 0 Å². The van der Waals surface area contributed by atoms with Gasteiger partial charge in [0.15, 0.2) is 0 Å². The number of ether oxygens (including phenoxy) is 1. The molecule has 17 heavy (non-hydrogen) atoms. The predicted octanol–water partition coefficient (Wildman–Crippen LogP) is 1.26. The topological polar surface area (TPSA) is 72.2 Å². The molecule has 1 aromatic rings. The van der Waals surface area contributed by atoms with Crippen LogP contribution in [0.3, 0.4) is 0 Å². The van der Waals surface area contributed by atoms with E-state index in [1.54, 1.807) is 7.11 Å². The van der Waals surface area contributed by atoms with E-state index in [4.69, 9.17) is 9.15 Å². The molecule has 1 aromatic heterocycles. The summed E-state index contributed by atoms with van der Waals surface area (Å²) in [6.07, 6.45) is 0. The molecular formula is C11H22N4O2. The number of nitrogens with zero attached hydrogens (tertiary/aromatic N) is 2. The Labute approximate surface area is 102 Å². The maximum atomic E-state index is 5.45. The van der Waals surface area contributed by atoms with Crippen LogP contribution in [0.5, 0.6) is 0 Å². The van der Waals surface area contributed by atoms with Crippen molar-refractivity contribution in [3.63, 3.8) is 0 Å². The molecule has 0 aliphatic heterocycles. The van der Waals surface area contributed by atoms with Gasteiger partial charge in [0.2, 0.25) is 5.89 Å². The zero-order valence-electron chi connectivity index (χ0n) is 11.0. The van der Waals surface area contributed by atoms with Crippen molar-refractivity contribution in [1.29, 1.82) is 0 Å². The summed E-state index contributed by atoms with van der Waals surface area (Å²) in [4.78, 5) is 0. The van der Waals surface area contributed by atoms with Crippen molar-refractivity contribution in [2.45, 2.75) is 33.4 Å². The third-order valence-electron chi connectivity index (χ3n) is 2.58. The van der Waals surface area contributed by atoms with Crippen LogP contribution < -0.4 is 10.6 Å². The monoisotopic (exact) mass is 242 g/mol. The van der Waals surface area contributed by atoms with E-state index >= 15 is 0 Å². The minimum absolute atomic E-state index is 0.310. The highest BCUT2D eigenvalue weighted by atomic mass is 16.5. The molecule has 0 aliphatic rings. The van der Waals surface area contributed by atoms with Gasteiger partial charge in [0, 0.05) is 19.7 Å². The first-order valence-electron chi connectivity index (χ1n) is 5.92. The second-order valence-electron chi connectivity index (χ2n) is 4.35. The molecule has 0 aromatic carbocycles. The molecule has 1 heterocycles. The fourth-order valence-corrected chi connectivity index (χ4v) is 1.11. The highest BCUT2D eigenvalue weighted by Gasteiger charge is 2.11. The zero-order chi connectivity index (χ0) is 12.7. The summed E-state index contributed by atoms with van der Waals surface area (Å²) in [5, 5.41) is 14.2. The molecule has 0 aliphatic carbocycles. The van der Waals surface area contributed by atoms with Gasteiger partial charge in [-0.15, -0.1) is 5.10 Å². The highest BCUT2D eigenvalue weighted by molar-refractivity contribution is 5.19. The Morgan fingerprint density at radius 1 is 1.29 bits per heavy atom. The number of anilines is 1. The minimum atomic E-state index is 0.310. The number of nitrogens with one attached hydrogen (secondary N) is 2. The van der Waals surface area contributed by atoms with E-state index in [0.29, 0.717) is 37.0 Å². The van der Waals surface area contributed by atoms with Gasteiger partial charge < -0.3 is 19.8 Å². The molecule has 1 atom stereocenters. The molecule has 6 heteroatoms. The molecule has 6 nitrogen and oxygen atoms in total. The van der Waals surface area contributed by atoms with Crippen LogP contribution in [0.2, 0.25) is 0 Å². The average Bonchev–Trinajstić information content (AvgIpc) is 2.72. The fourth-order valence-electron chi connectivity index (χ4n) is 1.11. The quantitative estimate of drug-likeness (QED) is 0.669. The Morgan fingerprint density at radius 2 is 2.06 bits per heavy atom. The zero-order valence-corrected chi connectivity index (χ0v) is 11.0. The van der Waals surface area contributed by atoms with Gasteiger partial charge in [-0.1, -0.05) is 18.9 Å². The van der Waals surface area contributed by atoms with Gasteiger partial charge in [0.25, 0.3) is 0 Å². The van der Waals surface area contributed by atoms with Gasteiger partial charge in [-0.2, -0.15) is 0 Å². The van der Waals surface area contributed by atoms with Crippen LogP contribution in [0.25, 0.3) is 0 Å². The number of hydrogen-bond acceptors (Lipinski definition) is 6. The van der Waals surface area contributed by atoms with E-state index in [1.807, 2.05) is 0 Å². The molecule has 1 rings (SSSR count). The maximum absolute atomic E-state index is 5.45. The second kappa shape index (κ2) is 7.24. The van der Waals surface area contributed by atoms with Gasteiger partial charge in [-0.25, -0.2) is 0 Å². The summed E-state index contributed by atoms with van der Waals surface area (Å²) in [5.41, 5.74) is 0. The first-order chi connectivity index (χ1) is 8.13. The average molecular weight is 242 g/mol. The Kier molecular flexibility index (Phi) is 5.93. The summed E-state index contributed by atoms with van der Waals surface area (Å²) in [6.45, 7) is 8.37. The molecule has 0 saturated carbocycles. The van der Waals surface area contributed by atoms with Gasteiger partial charge in [0.05, 0.1) is 13.2 Å². The van der Waals surface area contributed by atoms with Crippen LogP contribution in [0, 0.1) is 5.92 Å².